The molecule has 0 bridgehead atoms. The zero-order valence-electron chi connectivity index (χ0n) is 8.42. The Balaban J connectivity index is 3.65. The van der Waals surface area contributed by atoms with E-state index in [0.717, 1.165) is 12.8 Å². The Bertz CT molecular complexity index is 193. The van der Waals surface area contributed by atoms with Crippen LogP contribution in [0.25, 0.3) is 0 Å². The minimum Gasteiger partial charge on any atom is -0.469 e. The molecule has 0 amide bonds. The molecule has 0 rings (SSSR count). The monoisotopic (exact) mass is 222 g/mol. The number of esters is 2. The van der Waals surface area contributed by atoms with E-state index >= 15 is 0 Å². The molecule has 0 fully saturated rings. The SMILES string of the molecule is CCCCC(Cl)OC(=O)CC(=O)OC. The first kappa shape index (κ1) is 13.2. The highest BCUT2D eigenvalue weighted by Crippen LogP contribution is 2.09. The number of methoxy groups -OCH3 is 1. The average Bonchev–Trinajstić information content (AvgIpc) is 2.14. The van der Waals surface area contributed by atoms with Crippen LogP contribution in [0.5, 0.6) is 0 Å². The molecule has 5 heteroatoms. The number of ether oxygens (including phenoxy) is 2. The summed E-state index contributed by atoms with van der Waals surface area (Å²) in [5.74, 6) is -1.26. The van der Waals surface area contributed by atoms with E-state index in [-0.39, 0.29) is 6.42 Å². The Morgan fingerprint density at radius 2 is 2.00 bits per heavy atom. The van der Waals surface area contributed by atoms with Gasteiger partial charge in [0, 0.05) is 0 Å². The molecule has 0 saturated carbocycles. The molecule has 14 heavy (non-hydrogen) atoms. The third-order valence-electron chi connectivity index (χ3n) is 1.56. The minimum absolute atomic E-state index is 0.383. The molecule has 1 atom stereocenters. The second-order valence-corrected chi connectivity index (χ2v) is 3.28. The number of rotatable bonds is 6. The minimum atomic E-state index is -0.646. The third-order valence-corrected chi connectivity index (χ3v) is 1.87. The molecular weight excluding hydrogens is 208 g/mol. The highest BCUT2D eigenvalue weighted by atomic mass is 35.5. The largest absolute Gasteiger partial charge is 0.469 e. The predicted molar refractivity (Wildman–Crippen MR) is 51.9 cm³/mol. The van der Waals surface area contributed by atoms with Crippen LogP contribution < -0.4 is 0 Å². The molecule has 0 aliphatic heterocycles. The van der Waals surface area contributed by atoms with E-state index in [9.17, 15) is 9.59 Å². The first-order valence-corrected chi connectivity index (χ1v) is 4.94. The van der Waals surface area contributed by atoms with Crippen LogP contribution in [-0.2, 0) is 19.1 Å². The normalized spacial score (nSPS) is 11.9. The van der Waals surface area contributed by atoms with Crippen molar-refractivity contribution in [2.24, 2.45) is 0 Å². The summed E-state index contributed by atoms with van der Waals surface area (Å²) in [4.78, 5) is 21.6. The second kappa shape index (κ2) is 7.62. The molecule has 0 spiro atoms. The van der Waals surface area contributed by atoms with E-state index < -0.39 is 17.5 Å². The van der Waals surface area contributed by atoms with E-state index in [2.05, 4.69) is 4.74 Å². The number of unbranched alkanes of at least 4 members (excludes halogenated alkanes) is 1. The quantitative estimate of drug-likeness (QED) is 0.391. The van der Waals surface area contributed by atoms with Gasteiger partial charge in [-0.1, -0.05) is 24.9 Å². The predicted octanol–water partition coefficient (Wildman–Crippen LogP) is 1.85. The summed E-state index contributed by atoms with van der Waals surface area (Å²) < 4.78 is 9.05. The van der Waals surface area contributed by atoms with Crippen molar-refractivity contribution in [1.29, 1.82) is 0 Å². The van der Waals surface area contributed by atoms with Crippen molar-refractivity contribution in [3.8, 4) is 0 Å². The molecule has 4 nitrogen and oxygen atoms in total. The lowest BCUT2D eigenvalue weighted by Gasteiger charge is -2.09. The van der Waals surface area contributed by atoms with Crippen molar-refractivity contribution < 1.29 is 19.1 Å². The standard InChI is InChI=1S/C9H15ClO4/c1-3-4-5-7(10)14-9(12)6-8(11)13-2/h7H,3-6H2,1-2H3. The highest BCUT2D eigenvalue weighted by Gasteiger charge is 2.14. The Morgan fingerprint density at radius 1 is 1.36 bits per heavy atom. The van der Waals surface area contributed by atoms with Crippen LogP contribution in [0.4, 0.5) is 0 Å². The molecule has 0 saturated heterocycles. The molecule has 0 aromatic rings. The van der Waals surface area contributed by atoms with E-state index in [1.807, 2.05) is 6.92 Å². The summed E-state index contributed by atoms with van der Waals surface area (Å²) in [6, 6.07) is 0. The smallest absolute Gasteiger partial charge is 0.318 e. The Kier molecular flexibility index (Phi) is 7.20. The summed E-state index contributed by atoms with van der Waals surface area (Å²) in [5, 5.41) is 0. The van der Waals surface area contributed by atoms with Crippen LogP contribution in [0, 0.1) is 0 Å². The lowest BCUT2D eigenvalue weighted by molar-refractivity contribution is -0.154. The number of halogens is 1. The average molecular weight is 223 g/mol. The third kappa shape index (κ3) is 6.71. The summed E-state index contributed by atoms with van der Waals surface area (Å²) in [5.41, 5.74) is -0.646. The fourth-order valence-corrected chi connectivity index (χ4v) is 1.05. The van der Waals surface area contributed by atoms with Crippen molar-refractivity contribution in [3.63, 3.8) is 0 Å². The maximum atomic E-state index is 11.0. The van der Waals surface area contributed by atoms with Crippen molar-refractivity contribution in [1.82, 2.24) is 0 Å². The van der Waals surface area contributed by atoms with Crippen molar-refractivity contribution >= 4 is 23.5 Å². The van der Waals surface area contributed by atoms with Gasteiger partial charge in [0.2, 0.25) is 0 Å². The molecule has 0 aliphatic rings. The number of carbonyl (C=O) groups excluding carboxylic acids is 2. The van der Waals surface area contributed by atoms with Gasteiger partial charge in [0.25, 0.3) is 0 Å². The molecule has 0 N–H and O–H groups in total. The van der Waals surface area contributed by atoms with Gasteiger partial charge in [-0.15, -0.1) is 0 Å². The summed E-state index contributed by atoms with van der Waals surface area (Å²) in [6.07, 6.45) is 2.09. The van der Waals surface area contributed by atoms with Crippen LogP contribution in [-0.4, -0.2) is 24.6 Å². The van der Waals surface area contributed by atoms with Gasteiger partial charge in [0.15, 0.2) is 5.56 Å². The highest BCUT2D eigenvalue weighted by molar-refractivity contribution is 6.20. The molecule has 0 aromatic heterocycles. The summed E-state index contributed by atoms with van der Waals surface area (Å²) >= 11 is 5.69. The fourth-order valence-electron chi connectivity index (χ4n) is 0.798. The first-order chi connectivity index (χ1) is 6.60. The van der Waals surface area contributed by atoms with Gasteiger partial charge in [0.1, 0.15) is 6.42 Å². The Morgan fingerprint density at radius 3 is 2.50 bits per heavy atom. The number of carbonyl (C=O) groups is 2. The maximum Gasteiger partial charge on any atom is 0.318 e. The van der Waals surface area contributed by atoms with Crippen molar-refractivity contribution in [2.75, 3.05) is 7.11 Å². The Hall–Kier alpha value is -0.770. The zero-order valence-corrected chi connectivity index (χ0v) is 9.17. The summed E-state index contributed by atoms with van der Waals surface area (Å²) in [7, 11) is 1.21. The van der Waals surface area contributed by atoms with Gasteiger partial charge < -0.3 is 9.47 Å². The van der Waals surface area contributed by atoms with E-state index in [0.29, 0.717) is 6.42 Å². The topological polar surface area (TPSA) is 52.6 Å². The second-order valence-electron chi connectivity index (χ2n) is 2.80. The Labute approximate surface area is 88.5 Å². The number of alkyl halides is 1. The van der Waals surface area contributed by atoms with Crippen LogP contribution in [0.1, 0.15) is 32.6 Å². The van der Waals surface area contributed by atoms with Gasteiger partial charge in [-0.3, -0.25) is 9.59 Å². The van der Waals surface area contributed by atoms with Crippen LogP contribution in [0.2, 0.25) is 0 Å². The molecule has 1 unspecified atom stereocenters. The van der Waals surface area contributed by atoms with Crippen LogP contribution in [0.15, 0.2) is 0 Å². The van der Waals surface area contributed by atoms with E-state index in [1.54, 1.807) is 0 Å². The van der Waals surface area contributed by atoms with Gasteiger partial charge in [0.05, 0.1) is 7.11 Å². The van der Waals surface area contributed by atoms with Crippen LogP contribution in [0.3, 0.4) is 0 Å². The first-order valence-electron chi connectivity index (χ1n) is 4.50. The number of hydrogen-bond donors (Lipinski definition) is 0. The van der Waals surface area contributed by atoms with E-state index in [4.69, 9.17) is 16.3 Å². The number of hydrogen-bond acceptors (Lipinski definition) is 4. The van der Waals surface area contributed by atoms with Crippen LogP contribution >= 0.6 is 11.6 Å². The summed E-state index contributed by atoms with van der Waals surface area (Å²) in [6.45, 7) is 2.01. The van der Waals surface area contributed by atoms with Gasteiger partial charge in [-0.25, -0.2) is 0 Å². The maximum absolute atomic E-state index is 11.0. The lowest BCUT2D eigenvalue weighted by Crippen LogP contribution is -2.16. The lowest BCUT2D eigenvalue weighted by atomic mass is 10.3. The molecular formula is C9H15ClO4. The zero-order chi connectivity index (χ0) is 11.0. The van der Waals surface area contributed by atoms with Crippen molar-refractivity contribution in [3.05, 3.63) is 0 Å². The molecule has 82 valence electrons. The fraction of sp³-hybridized carbons (Fsp3) is 0.778. The van der Waals surface area contributed by atoms with Gasteiger partial charge in [-0.2, -0.15) is 0 Å². The van der Waals surface area contributed by atoms with Gasteiger partial charge >= 0.3 is 11.9 Å². The molecule has 0 heterocycles. The molecule has 0 aromatic carbocycles. The van der Waals surface area contributed by atoms with E-state index in [1.165, 1.54) is 7.11 Å². The van der Waals surface area contributed by atoms with Crippen molar-refractivity contribution in [2.45, 2.75) is 38.2 Å². The molecule has 0 radical (unpaired) electrons. The molecule has 0 aliphatic carbocycles. The van der Waals surface area contributed by atoms with Gasteiger partial charge in [-0.05, 0) is 12.8 Å².